The number of anilines is 1. The monoisotopic (exact) mass is 386 g/mol. The maximum Gasteiger partial charge on any atom is 0.315 e. The molecule has 2 aromatic carbocycles. The highest BCUT2D eigenvalue weighted by Gasteiger charge is 2.21. The highest BCUT2D eigenvalue weighted by atomic mass is 32.1. The molecule has 0 saturated heterocycles. The van der Waals surface area contributed by atoms with Crippen molar-refractivity contribution in [3.63, 3.8) is 0 Å². The first-order chi connectivity index (χ1) is 13.1. The SMILES string of the molecule is CCCOc1c(OC)cc(/C=N\Nc2nc3ccccc3s2)cc1[N+](=O)[O-]. The maximum atomic E-state index is 11.4. The minimum absolute atomic E-state index is 0.126. The van der Waals surface area contributed by atoms with Crippen LogP contribution in [0.3, 0.4) is 0 Å². The lowest BCUT2D eigenvalue weighted by Gasteiger charge is -2.11. The van der Waals surface area contributed by atoms with Gasteiger partial charge < -0.3 is 9.47 Å². The predicted molar refractivity (Wildman–Crippen MR) is 106 cm³/mol. The molecule has 1 aromatic heterocycles. The van der Waals surface area contributed by atoms with Crippen molar-refractivity contribution in [1.29, 1.82) is 0 Å². The fraction of sp³-hybridized carbons (Fsp3) is 0.222. The van der Waals surface area contributed by atoms with Crippen molar-refractivity contribution in [3.05, 3.63) is 52.1 Å². The van der Waals surface area contributed by atoms with Gasteiger partial charge in [-0.3, -0.25) is 15.5 Å². The van der Waals surface area contributed by atoms with Crippen LogP contribution in [0.1, 0.15) is 18.9 Å². The van der Waals surface area contributed by atoms with E-state index < -0.39 is 4.92 Å². The topological polar surface area (TPSA) is 98.9 Å². The molecular weight excluding hydrogens is 368 g/mol. The molecule has 0 aliphatic heterocycles. The molecule has 0 unspecified atom stereocenters. The van der Waals surface area contributed by atoms with E-state index in [0.717, 1.165) is 16.6 Å². The van der Waals surface area contributed by atoms with E-state index in [4.69, 9.17) is 9.47 Å². The molecule has 9 heteroatoms. The Morgan fingerprint density at radius 2 is 2.19 bits per heavy atom. The first kappa shape index (κ1) is 18.6. The van der Waals surface area contributed by atoms with E-state index in [-0.39, 0.29) is 11.4 Å². The third kappa shape index (κ3) is 4.32. The molecule has 0 bridgehead atoms. The molecule has 3 aromatic rings. The van der Waals surface area contributed by atoms with Gasteiger partial charge >= 0.3 is 5.69 Å². The van der Waals surface area contributed by atoms with Crippen LogP contribution in [0.5, 0.6) is 11.5 Å². The lowest BCUT2D eigenvalue weighted by molar-refractivity contribution is -0.386. The van der Waals surface area contributed by atoms with Gasteiger partial charge in [0, 0.05) is 11.6 Å². The van der Waals surface area contributed by atoms with E-state index in [0.29, 0.717) is 23.1 Å². The van der Waals surface area contributed by atoms with Crippen molar-refractivity contribution in [3.8, 4) is 11.5 Å². The summed E-state index contributed by atoms with van der Waals surface area (Å²) in [6, 6.07) is 10.8. The molecule has 0 aliphatic carbocycles. The molecular formula is C18H18N4O4S. The Morgan fingerprint density at radius 1 is 1.37 bits per heavy atom. The van der Waals surface area contributed by atoms with Gasteiger partial charge in [0.15, 0.2) is 5.75 Å². The van der Waals surface area contributed by atoms with Gasteiger partial charge in [0.1, 0.15) is 0 Å². The zero-order chi connectivity index (χ0) is 19.2. The van der Waals surface area contributed by atoms with Gasteiger partial charge in [-0.2, -0.15) is 5.10 Å². The Balaban J connectivity index is 1.83. The molecule has 140 valence electrons. The number of benzene rings is 2. The van der Waals surface area contributed by atoms with Crippen LogP contribution >= 0.6 is 11.3 Å². The van der Waals surface area contributed by atoms with Crippen molar-refractivity contribution in [2.45, 2.75) is 13.3 Å². The minimum Gasteiger partial charge on any atom is -0.493 e. The van der Waals surface area contributed by atoms with E-state index in [1.807, 2.05) is 31.2 Å². The van der Waals surface area contributed by atoms with Crippen LogP contribution in [0.25, 0.3) is 10.2 Å². The summed E-state index contributed by atoms with van der Waals surface area (Å²) < 4.78 is 11.8. The number of methoxy groups -OCH3 is 1. The molecule has 0 aliphatic rings. The van der Waals surface area contributed by atoms with E-state index in [2.05, 4.69) is 15.5 Å². The number of nitro groups is 1. The molecule has 0 fully saturated rings. The lowest BCUT2D eigenvalue weighted by atomic mass is 10.2. The number of ether oxygens (including phenoxy) is 2. The molecule has 0 spiro atoms. The first-order valence-electron chi connectivity index (χ1n) is 8.26. The number of aromatic nitrogens is 1. The normalized spacial score (nSPS) is 11.0. The summed E-state index contributed by atoms with van der Waals surface area (Å²) >= 11 is 1.47. The number of hydrogen-bond acceptors (Lipinski definition) is 8. The molecule has 3 rings (SSSR count). The van der Waals surface area contributed by atoms with Gasteiger partial charge in [-0.25, -0.2) is 4.98 Å². The maximum absolute atomic E-state index is 11.4. The van der Waals surface area contributed by atoms with Gasteiger partial charge in [-0.1, -0.05) is 30.4 Å². The van der Waals surface area contributed by atoms with Crippen LogP contribution < -0.4 is 14.9 Å². The zero-order valence-electron chi connectivity index (χ0n) is 14.8. The number of nitro benzene ring substituents is 1. The number of thiazole rings is 1. The van der Waals surface area contributed by atoms with Gasteiger partial charge in [0.05, 0.1) is 35.1 Å². The summed E-state index contributed by atoms with van der Waals surface area (Å²) in [4.78, 5) is 15.3. The smallest absolute Gasteiger partial charge is 0.315 e. The Hall–Kier alpha value is -3.20. The summed E-state index contributed by atoms with van der Waals surface area (Å²) in [5.74, 6) is 0.416. The Morgan fingerprint density at radius 3 is 2.89 bits per heavy atom. The van der Waals surface area contributed by atoms with Crippen LogP contribution in [0, 0.1) is 10.1 Å². The Kier molecular flexibility index (Phi) is 5.82. The fourth-order valence-electron chi connectivity index (χ4n) is 2.40. The molecule has 0 atom stereocenters. The Bertz CT molecular complexity index is 954. The van der Waals surface area contributed by atoms with Gasteiger partial charge in [0.2, 0.25) is 10.9 Å². The van der Waals surface area contributed by atoms with Crippen molar-refractivity contribution < 1.29 is 14.4 Å². The highest BCUT2D eigenvalue weighted by Crippen LogP contribution is 2.38. The zero-order valence-corrected chi connectivity index (χ0v) is 15.7. The summed E-state index contributed by atoms with van der Waals surface area (Å²) in [6.07, 6.45) is 2.21. The van der Waals surface area contributed by atoms with Crippen LogP contribution in [0.4, 0.5) is 10.8 Å². The van der Waals surface area contributed by atoms with Crippen LogP contribution in [0.15, 0.2) is 41.5 Å². The Labute approximate surface area is 159 Å². The number of nitrogens with one attached hydrogen (secondary N) is 1. The summed E-state index contributed by atoms with van der Waals surface area (Å²) in [5.41, 5.74) is 4.08. The number of hydrogen-bond donors (Lipinski definition) is 1. The van der Waals surface area contributed by atoms with Crippen LogP contribution in [-0.2, 0) is 0 Å². The minimum atomic E-state index is -0.494. The average molecular weight is 386 g/mol. The fourth-order valence-corrected chi connectivity index (χ4v) is 3.22. The van der Waals surface area contributed by atoms with E-state index >= 15 is 0 Å². The van der Waals surface area contributed by atoms with E-state index in [1.54, 1.807) is 6.07 Å². The second kappa shape index (κ2) is 8.45. The standard InChI is InChI=1S/C18H18N4O4S/c1-3-8-26-17-14(22(23)24)9-12(10-15(17)25-2)11-19-21-18-20-13-6-4-5-7-16(13)27-18/h4-7,9-11H,3,8H2,1-2H3,(H,20,21)/b19-11-. The van der Waals surface area contributed by atoms with Gasteiger partial charge in [-0.15, -0.1) is 0 Å². The largest absolute Gasteiger partial charge is 0.493 e. The molecule has 0 amide bonds. The lowest BCUT2D eigenvalue weighted by Crippen LogP contribution is -2.03. The third-order valence-electron chi connectivity index (χ3n) is 3.59. The molecule has 8 nitrogen and oxygen atoms in total. The number of fused-ring (bicyclic) bond motifs is 1. The summed E-state index contributed by atoms with van der Waals surface area (Å²) in [5, 5.41) is 16.2. The van der Waals surface area contributed by atoms with Crippen molar-refractivity contribution in [2.75, 3.05) is 19.1 Å². The van der Waals surface area contributed by atoms with Crippen molar-refractivity contribution >= 4 is 38.6 Å². The molecule has 1 heterocycles. The first-order valence-corrected chi connectivity index (χ1v) is 9.08. The van der Waals surface area contributed by atoms with Crippen molar-refractivity contribution in [1.82, 2.24) is 4.98 Å². The van der Waals surface area contributed by atoms with Crippen molar-refractivity contribution in [2.24, 2.45) is 5.10 Å². The van der Waals surface area contributed by atoms with E-state index in [1.165, 1.54) is 30.7 Å². The third-order valence-corrected chi connectivity index (χ3v) is 4.53. The highest BCUT2D eigenvalue weighted by molar-refractivity contribution is 7.22. The van der Waals surface area contributed by atoms with Crippen LogP contribution in [-0.4, -0.2) is 29.8 Å². The second-order valence-corrected chi connectivity index (χ2v) is 6.56. The van der Waals surface area contributed by atoms with E-state index in [9.17, 15) is 10.1 Å². The number of hydrazone groups is 1. The van der Waals surface area contributed by atoms with Crippen LogP contribution in [0.2, 0.25) is 0 Å². The number of para-hydroxylation sites is 1. The second-order valence-electron chi connectivity index (χ2n) is 5.53. The summed E-state index contributed by atoms with van der Waals surface area (Å²) in [6.45, 7) is 2.29. The molecule has 0 radical (unpaired) electrons. The number of rotatable bonds is 8. The van der Waals surface area contributed by atoms with Gasteiger partial charge in [-0.05, 0) is 24.6 Å². The average Bonchev–Trinajstić information content (AvgIpc) is 3.08. The molecule has 0 saturated carbocycles. The molecule has 1 N–H and O–H groups in total. The summed E-state index contributed by atoms with van der Waals surface area (Å²) in [7, 11) is 1.44. The predicted octanol–water partition coefficient (Wildman–Crippen LogP) is 4.45. The molecule has 27 heavy (non-hydrogen) atoms. The number of nitrogens with zero attached hydrogens (tertiary/aromatic N) is 3. The van der Waals surface area contributed by atoms with Gasteiger partial charge in [0.25, 0.3) is 0 Å². The quantitative estimate of drug-likeness (QED) is 0.349.